The second-order valence-electron chi connectivity index (χ2n) is 4.76. The summed E-state index contributed by atoms with van der Waals surface area (Å²) in [6, 6.07) is 12.9. The van der Waals surface area contributed by atoms with Crippen LogP contribution >= 0.6 is 15.9 Å². The zero-order valence-corrected chi connectivity index (χ0v) is 14.6. The summed E-state index contributed by atoms with van der Waals surface area (Å²) < 4.78 is 11.8. The summed E-state index contributed by atoms with van der Waals surface area (Å²) in [7, 11) is 1.57. The van der Waals surface area contributed by atoms with Crippen LogP contribution in [0, 0.1) is 0 Å². The van der Waals surface area contributed by atoms with Gasteiger partial charge in [0.2, 0.25) is 0 Å². The van der Waals surface area contributed by atoms with E-state index in [4.69, 9.17) is 9.47 Å². The highest BCUT2D eigenvalue weighted by Gasteiger charge is 2.08. The quantitative estimate of drug-likeness (QED) is 0.807. The van der Waals surface area contributed by atoms with E-state index in [9.17, 15) is 4.79 Å². The van der Waals surface area contributed by atoms with Crippen molar-refractivity contribution in [1.82, 2.24) is 0 Å². The van der Waals surface area contributed by atoms with Gasteiger partial charge in [-0.15, -0.1) is 0 Å². The molecule has 0 atom stereocenters. The molecule has 0 aliphatic rings. The van der Waals surface area contributed by atoms with E-state index < -0.39 is 0 Å². The van der Waals surface area contributed by atoms with Crippen LogP contribution in [0.2, 0.25) is 0 Å². The fourth-order valence-electron chi connectivity index (χ4n) is 2.01. The topological polar surface area (TPSA) is 47.6 Å². The number of nitrogens with one attached hydrogen (secondary N) is 1. The maximum Gasteiger partial charge on any atom is 0.262 e. The Labute approximate surface area is 144 Å². The zero-order valence-electron chi connectivity index (χ0n) is 13.0. The van der Waals surface area contributed by atoms with Crippen molar-refractivity contribution in [2.75, 3.05) is 19.0 Å². The lowest BCUT2D eigenvalue weighted by Crippen LogP contribution is -2.20. The SMILES string of the molecule is CC=Cc1ccc(OCC(=O)Nc2cccc(Br)c2)c(OC)c1. The molecule has 5 heteroatoms. The molecule has 2 aromatic rings. The molecule has 0 bridgehead atoms. The Morgan fingerprint density at radius 2 is 2.04 bits per heavy atom. The molecule has 0 fully saturated rings. The van der Waals surface area contributed by atoms with Crippen molar-refractivity contribution in [3.8, 4) is 11.5 Å². The average molecular weight is 376 g/mol. The first-order valence-corrected chi connectivity index (χ1v) is 7.90. The van der Waals surface area contributed by atoms with Gasteiger partial charge in [-0.2, -0.15) is 0 Å². The van der Waals surface area contributed by atoms with Crippen molar-refractivity contribution in [3.63, 3.8) is 0 Å². The van der Waals surface area contributed by atoms with Crippen LogP contribution in [-0.4, -0.2) is 19.6 Å². The number of carbonyl (C=O) groups is 1. The number of ether oxygens (including phenoxy) is 2. The summed E-state index contributed by atoms with van der Waals surface area (Å²) in [6.45, 7) is 1.86. The summed E-state index contributed by atoms with van der Waals surface area (Å²) in [5.74, 6) is 0.892. The van der Waals surface area contributed by atoms with Crippen LogP contribution in [0.25, 0.3) is 6.08 Å². The Hall–Kier alpha value is -2.27. The molecule has 0 aliphatic carbocycles. The highest BCUT2D eigenvalue weighted by Crippen LogP contribution is 2.28. The van der Waals surface area contributed by atoms with Crippen molar-refractivity contribution in [2.45, 2.75) is 6.92 Å². The molecular formula is C18H18BrNO3. The van der Waals surface area contributed by atoms with Gasteiger partial charge in [-0.05, 0) is 42.8 Å². The van der Waals surface area contributed by atoms with E-state index in [1.807, 2.05) is 55.5 Å². The molecule has 0 saturated heterocycles. The maximum absolute atomic E-state index is 12.0. The summed E-state index contributed by atoms with van der Waals surface area (Å²) in [4.78, 5) is 12.0. The van der Waals surface area contributed by atoms with Crippen LogP contribution in [0.4, 0.5) is 5.69 Å². The molecular weight excluding hydrogens is 358 g/mol. The van der Waals surface area contributed by atoms with Gasteiger partial charge in [0.1, 0.15) is 0 Å². The Balaban J connectivity index is 1.98. The largest absolute Gasteiger partial charge is 0.493 e. The lowest BCUT2D eigenvalue weighted by Gasteiger charge is -2.11. The van der Waals surface area contributed by atoms with Crippen LogP contribution in [0.5, 0.6) is 11.5 Å². The van der Waals surface area contributed by atoms with Crippen LogP contribution in [-0.2, 0) is 4.79 Å². The minimum atomic E-state index is -0.234. The molecule has 2 rings (SSSR count). The van der Waals surface area contributed by atoms with Gasteiger partial charge >= 0.3 is 0 Å². The molecule has 1 amide bonds. The Kier molecular flexibility index (Phi) is 6.23. The standard InChI is InChI=1S/C18H18BrNO3/c1-3-5-13-8-9-16(17(10-13)22-2)23-12-18(21)20-15-7-4-6-14(19)11-15/h3-11H,12H2,1-2H3,(H,20,21). The maximum atomic E-state index is 12.0. The van der Waals surface area contributed by atoms with E-state index in [1.165, 1.54) is 0 Å². The third kappa shape index (κ3) is 5.14. The molecule has 0 unspecified atom stereocenters. The van der Waals surface area contributed by atoms with Gasteiger partial charge in [-0.3, -0.25) is 4.79 Å². The third-order valence-corrected chi connectivity index (χ3v) is 3.51. The number of allylic oxidation sites excluding steroid dienone is 1. The number of hydrogen-bond acceptors (Lipinski definition) is 3. The molecule has 0 saturated carbocycles. The monoisotopic (exact) mass is 375 g/mol. The molecule has 0 aromatic heterocycles. The summed E-state index contributed by atoms with van der Waals surface area (Å²) in [6.07, 6.45) is 3.91. The van der Waals surface area contributed by atoms with E-state index in [2.05, 4.69) is 21.2 Å². The van der Waals surface area contributed by atoms with Crippen molar-refractivity contribution < 1.29 is 14.3 Å². The Morgan fingerprint density at radius 3 is 2.74 bits per heavy atom. The van der Waals surface area contributed by atoms with Gasteiger partial charge in [0.15, 0.2) is 18.1 Å². The van der Waals surface area contributed by atoms with Crippen LogP contribution in [0.3, 0.4) is 0 Å². The molecule has 120 valence electrons. The van der Waals surface area contributed by atoms with Crippen molar-refractivity contribution in [3.05, 3.63) is 58.6 Å². The predicted octanol–water partition coefficient (Wildman–Crippen LogP) is 4.51. The van der Waals surface area contributed by atoms with E-state index >= 15 is 0 Å². The fraction of sp³-hybridized carbons (Fsp3) is 0.167. The number of carbonyl (C=O) groups excluding carboxylic acids is 1. The molecule has 4 nitrogen and oxygen atoms in total. The molecule has 1 N–H and O–H groups in total. The number of amides is 1. The summed E-state index contributed by atoms with van der Waals surface area (Å²) in [5.41, 5.74) is 1.72. The second kappa shape index (κ2) is 8.39. The normalized spacial score (nSPS) is 10.6. The van der Waals surface area contributed by atoms with E-state index in [-0.39, 0.29) is 12.5 Å². The summed E-state index contributed by atoms with van der Waals surface area (Å²) in [5, 5.41) is 2.78. The Morgan fingerprint density at radius 1 is 1.22 bits per heavy atom. The first-order chi connectivity index (χ1) is 11.1. The first-order valence-electron chi connectivity index (χ1n) is 7.11. The van der Waals surface area contributed by atoms with Gasteiger partial charge in [-0.1, -0.05) is 40.2 Å². The van der Waals surface area contributed by atoms with Crippen LogP contribution < -0.4 is 14.8 Å². The third-order valence-electron chi connectivity index (χ3n) is 3.01. The molecule has 0 radical (unpaired) electrons. The van der Waals surface area contributed by atoms with Crippen molar-refractivity contribution in [1.29, 1.82) is 0 Å². The van der Waals surface area contributed by atoms with Gasteiger partial charge in [0, 0.05) is 10.2 Å². The smallest absolute Gasteiger partial charge is 0.262 e. The first kappa shape index (κ1) is 17.1. The van der Waals surface area contributed by atoms with E-state index in [0.29, 0.717) is 17.2 Å². The van der Waals surface area contributed by atoms with E-state index in [0.717, 1.165) is 10.0 Å². The van der Waals surface area contributed by atoms with Gasteiger partial charge in [-0.25, -0.2) is 0 Å². The molecule has 0 aliphatic heterocycles. The zero-order chi connectivity index (χ0) is 16.7. The molecule has 23 heavy (non-hydrogen) atoms. The number of rotatable bonds is 6. The van der Waals surface area contributed by atoms with Gasteiger partial charge in [0.25, 0.3) is 5.91 Å². The van der Waals surface area contributed by atoms with Gasteiger partial charge in [0.05, 0.1) is 7.11 Å². The lowest BCUT2D eigenvalue weighted by molar-refractivity contribution is -0.118. The lowest BCUT2D eigenvalue weighted by atomic mass is 10.2. The Bertz CT molecular complexity index is 713. The number of hydrogen-bond donors (Lipinski definition) is 1. The van der Waals surface area contributed by atoms with E-state index in [1.54, 1.807) is 13.2 Å². The second-order valence-corrected chi connectivity index (χ2v) is 5.67. The number of halogens is 1. The molecule has 2 aromatic carbocycles. The highest BCUT2D eigenvalue weighted by molar-refractivity contribution is 9.10. The van der Waals surface area contributed by atoms with Crippen molar-refractivity contribution in [2.24, 2.45) is 0 Å². The summed E-state index contributed by atoms with van der Waals surface area (Å²) >= 11 is 3.36. The fourth-order valence-corrected chi connectivity index (χ4v) is 2.41. The minimum Gasteiger partial charge on any atom is -0.493 e. The number of methoxy groups -OCH3 is 1. The van der Waals surface area contributed by atoms with Crippen LogP contribution in [0.1, 0.15) is 12.5 Å². The average Bonchev–Trinajstić information content (AvgIpc) is 2.54. The number of anilines is 1. The van der Waals surface area contributed by atoms with Gasteiger partial charge < -0.3 is 14.8 Å². The number of benzene rings is 2. The van der Waals surface area contributed by atoms with Crippen LogP contribution in [0.15, 0.2) is 53.0 Å². The molecule has 0 heterocycles. The molecule has 0 spiro atoms. The van der Waals surface area contributed by atoms with Crippen molar-refractivity contribution >= 4 is 33.6 Å². The highest BCUT2D eigenvalue weighted by atomic mass is 79.9. The minimum absolute atomic E-state index is 0.0914. The predicted molar refractivity (Wildman–Crippen MR) is 96.0 cm³/mol.